The van der Waals surface area contributed by atoms with E-state index in [1.54, 1.807) is 12.1 Å². The fourth-order valence-electron chi connectivity index (χ4n) is 3.87. The van der Waals surface area contributed by atoms with Crippen molar-refractivity contribution >= 4 is 16.0 Å². The maximum Gasteiger partial charge on any atom is 0.305 e. The first kappa shape index (κ1) is 23.8. The van der Waals surface area contributed by atoms with Crippen molar-refractivity contribution in [3.05, 3.63) is 95.6 Å². The molecule has 7 nitrogen and oxygen atoms in total. The average molecular weight is 489 g/mol. The molecule has 0 spiro atoms. The van der Waals surface area contributed by atoms with Crippen molar-refractivity contribution in [1.82, 2.24) is 4.31 Å². The maximum absolute atomic E-state index is 13.7. The summed E-state index contributed by atoms with van der Waals surface area (Å²) < 4.78 is 61.0. The van der Waals surface area contributed by atoms with Crippen molar-refractivity contribution in [2.24, 2.45) is 5.73 Å². The van der Waals surface area contributed by atoms with Gasteiger partial charge < -0.3 is 15.6 Å². The molecule has 3 aromatic rings. The minimum atomic E-state index is -3.97. The zero-order valence-corrected chi connectivity index (χ0v) is 18.7. The van der Waals surface area contributed by atoms with E-state index in [1.165, 1.54) is 65.0 Å². The van der Waals surface area contributed by atoms with Gasteiger partial charge in [-0.15, -0.1) is 0 Å². The third-order valence-electron chi connectivity index (χ3n) is 5.66. The van der Waals surface area contributed by atoms with Gasteiger partial charge in [0.1, 0.15) is 17.4 Å². The maximum atomic E-state index is 13.7. The fourth-order valence-corrected chi connectivity index (χ4v) is 5.46. The van der Waals surface area contributed by atoms with Crippen LogP contribution in [0.25, 0.3) is 0 Å². The number of nitrogens with zero attached hydrogens (tertiary/aromatic N) is 1. The summed E-state index contributed by atoms with van der Waals surface area (Å²) in [4.78, 5) is 10.9. The first-order chi connectivity index (χ1) is 16.1. The van der Waals surface area contributed by atoms with Crippen LogP contribution in [0, 0.1) is 11.6 Å². The van der Waals surface area contributed by atoms with Crippen LogP contribution >= 0.6 is 0 Å². The van der Waals surface area contributed by atoms with E-state index < -0.39 is 39.3 Å². The van der Waals surface area contributed by atoms with Gasteiger partial charge in [-0.1, -0.05) is 30.3 Å². The highest BCUT2D eigenvalue weighted by Crippen LogP contribution is 2.40. The minimum absolute atomic E-state index is 0.0377. The molecule has 3 aromatic carbocycles. The van der Waals surface area contributed by atoms with Gasteiger partial charge >= 0.3 is 5.97 Å². The number of aliphatic carboxylic acids is 1. The number of sulfonamides is 1. The minimum Gasteiger partial charge on any atom is -0.481 e. The predicted molar refractivity (Wildman–Crippen MR) is 119 cm³/mol. The summed E-state index contributed by atoms with van der Waals surface area (Å²) in [5.74, 6) is -1.85. The van der Waals surface area contributed by atoms with Gasteiger partial charge in [0.2, 0.25) is 10.0 Å². The number of carboxylic acid groups (broad SMARTS) is 1. The molecule has 3 N–H and O–H groups in total. The highest BCUT2D eigenvalue weighted by atomic mass is 32.2. The lowest BCUT2D eigenvalue weighted by atomic mass is 9.87. The Bertz CT molecular complexity index is 1310. The molecule has 1 aliphatic heterocycles. The Balaban J connectivity index is 1.62. The van der Waals surface area contributed by atoms with E-state index in [0.29, 0.717) is 11.1 Å². The molecule has 0 aromatic heterocycles. The van der Waals surface area contributed by atoms with Crippen LogP contribution in [-0.2, 0) is 20.4 Å². The van der Waals surface area contributed by atoms with Gasteiger partial charge in [0.25, 0.3) is 0 Å². The molecular formula is C24H22F2N2O5S. The van der Waals surface area contributed by atoms with Gasteiger partial charge in [0.15, 0.2) is 5.60 Å². The van der Waals surface area contributed by atoms with E-state index in [-0.39, 0.29) is 30.2 Å². The van der Waals surface area contributed by atoms with Crippen LogP contribution in [0.5, 0.6) is 5.75 Å². The van der Waals surface area contributed by atoms with E-state index >= 15 is 0 Å². The van der Waals surface area contributed by atoms with Crippen molar-refractivity contribution in [2.45, 2.75) is 23.0 Å². The second-order valence-corrected chi connectivity index (χ2v) is 10.0. The van der Waals surface area contributed by atoms with E-state index in [2.05, 4.69) is 0 Å². The highest BCUT2D eigenvalue weighted by molar-refractivity contribution is 7.89. The molecule has 1 heterocycles. The second-order valence-electron chi connectivity index (χ2n) is 8.11. The lowest BCUT2D eigenvalue weighted by Crippen LogP contribution is -2.64. The Morgan fingerprint density at radius 1 is 1.03 bits per heavy atom. The molecule has 0 aliphatic carbocycles. The van der Waals surface area contributed by atoms with E-state index in [4.69, 9.17) is 15.6 Å². The molecule has 1 aliphatic rings. The average Bonchev–Trinajstić information content (AvgIpc) is 2.76. The standard InChI is InChI=1S/C24H22F2N2O5S/c25-18-9-7-17(8-10-18)24(33-20-5-2-4-19(26)12-20)14-28(15-24)34(31,32)21-6-1-3-16(11-21)22(27)13-23(29)30/h1-12,22H,13-15,27H2,(H,29,30)/t22-/m0/s1. The quantitative estimate of drug-likeness (QED) is 0.503. The molecule has 1 fully saturated rings. The summed E-state index contributed by atoms with van der Waals surface area (Å²) in [6.07, 6.45) is -0.345. The smallest absolute Gasteiger partial charge is 0.305 e. The molecule has 178 valence electrons. The Morgan fingerprint density at radius 2 is 1.71 bits per heavy atom. The van der Waals surface area contributed by atoms with Crippen LogP contribution in [0.2, 0.25) is 0 Å². The number of ether oxygens (including phenoxy) is 1. The van der Waals surface area contributed by atoms with Gasteiger partial charge in [-0.3, -0.25) is 4.79 Å². The van der Waals surface area contributed by atoms with E-state index in [1.807, 2.05) is 0 Å². The SMILES string of the molecule is N[C@@H](CC(=O)O)c1cccc(S(=O)(=O)N2CC(Oc3cccc(F)c3)(c3ccc(F)cc3)C2)c1. The molecular weight excluding hydrogens is 466 g/mol. The number of hydrogen-bond acceptors (Lipinski definition) is 5. The molecule has 0 bridgehead atoms. The molecule has 0 unspecified atom stereocenters. The Kier molecular flexibility index (Phi) is 6.39. The molecule has 0 amide bonds. The number of hydrogen-bond donors (Lipinski definition) is 2. The number of nitrogens with two attached hydrogens (primary N) is 1. The van der Waals surface area contributed by atoms with Crippen LogP contribution in [-0.4, -0.2) is 36.9 Å². The monoisotopic (exact) mass is 488 g/mol. The summed E-state index contributed by atoms with van der Waals surface area (Å²) in [5, 5.41) is 8.96. The van der Waals surface area contributed by atoms with Crippen molar-refractivity contribution in [3.8, 4) is 5.75 Å². The number of halogens is 2. The third-order valence-corrected chi connectivity index (χ3v) is 7.45. The number of carbonyl (C=O) groups is 1. The Morgan fingerprint density at radius 3 is 2.35 bits per heavy atom. The first-order valence-electron chi connectivity index (χ1n) is 10.4. The zero-order valence-electron chi connectivity index (χ0n) is 17.9. The molecule has 0 saturated carbocycles. The zero-order chi connectivity index (χ0) is 24.5. The number of carboxylic acids is 1. The van der Waals surface area contributed by atoms with Crippen LogP contribution in [0.1, 0.15) is 23.6 Å². The summed E-state index contributed by atoms with van der Waals surface area (Å²) in [6, 6.07) is 15.9. The van der Waals surface area contributed by atoms with Gasteiger partial charge in [0, 0.05) is 12.1 Å². The summed E-state index contributed by atoms with van der Waals surface area (Å²) in [7, 11) is -3.97. The normalized spacial score (nSPS) is 16.4. The molecule has 1 atom stereocenters. The first-order valence-corrected chi connectivity index (χ1v) is 11.8. The Labute approximate surface area is 195 Å². The number of benzene rings is 3. The Hall–Kier alpha value is -3.34. The largest absolute Gasteiger partial charge is 0.481 e. The van der Waals surface area contributed by atoms with Gasteiger partial charge in [-0.25, -0.2) is 17.2 Å². The van der Waals surface area contributed by atoms with Crippen LogP contribution in [0.4, 0.5) is 8.78 Å². The summed E-state index contributed by atoms with van der Waals surface area (Å²) >= 11 is 0. The van der Waals surface area contributed by atoms with Crippen molar-refractivity contribution in [2.75, 3.05) is 13.1 Å². The molecule has 10 heteroatoms. The van der Waals surface area contributed by atoms with E-state index in [0.717, 1.165) is 0 Å². The molecule has 1 saturated heterocycles. The second kappa shape index (κ2) is 9.13. The van der Waals surface area contributed by atoms with Gasteiger partial charge in [-0.2, -0.15) is 4.31 Å². The van der Waals surface area contributed by atoms with Gasteiger partial charge in [-0.05, 0) is 47.5 Å². The van der Waals surface area contributed by atoms with Crippen molar-refractivity contribution in [1.29, 1.82) is 0 Å². The molecule has 4 rings (SSSR count). The van der Waals surface area contributed by atoms with Gasteiger partial charge in [0.05, 0.1) is 24.4 Å². The number of rotatable bonds is 8. The summed E-state index contributed by atoms with van der Waals surface area (Å²) in [6.45, 7) is -0.189. The fraction of sp³-hybridized carbons (Fsp3) is 0.208. The third kappa shape index (κ3) is 4.79. The highest BCUT2D eigenvalue weighted by Gasteiger charge is 2.52. The topological polar surface area (TPSA) is 110 Å². The van der Waals surface area contributed by atoms with Crippen LogP contribution in [0.15, 0.2) is 77.7 Å². The van der Waals surface area contributed by atoms with Crippen molar-refractivity contribution in [3.63, 3.8) is 0 Å². The van der Waals surface area contributed by atoms with Crippen LogP contribution in [0.3, 0.4) is 0 Å². The lowest BCUT2D eigenvalue weighted by molar-refractivity contribution is -0.137. The molecule has 0 radical (unpaired) electrons. The lowest BCUT2D eigenvalue weighted by Gasteiger charge is -2.48. The summed E-state index contributed by atoms with van der Waals surface area (Å²) in [5.41, 5.74) is 5.67. The van der Waals surface area contributed by atoms with Crippen LogP contribution < -0.4 is 10.5 Å². The predicted octanol–water partition coefficient (Wildman–Crippen LogP) is 3.42. The molecule has 34 heavy (non-hydrogen) atoms. The van der Waals surface area contributed by atoms with E-state index in [9.17, 15) is 22.0 Å². The van der Waals surface area contributed by atoms with Crippen molar-refractivity contribution < 1.29 is 31.8 Å².